The van der Waals surface area contributed by atoms with E-state index in [4.69, 9.17) is 17.3 Å². The Morgan fingerprint density at radius 2 is 1.80 bits per heavy atom. The molecule has 0 N–H and O–H groups in total. The molecule has 0 atom stereocenters. The number of hydrogen-bond donors (Lipinski definition) is 0. The first kappa shape index (κ1) is 18.0. The molecule has 3 rings (SSSR count). The van der Waals surface area contributed by atoms with Crippen LogP contribution in [-0.2, 0) is 19.8 Å². The van der Waals surface area contributed by atoms with Crippen LogP contribution in [0.3, 0.4) is 0 Å². The molecule has 5 nitrogen and oxygen atoms in total. The van der Waals surface area contributed by atoms with Crippen LogP contribution in [0.5, 0.6) is 0 Å². The second-order valence-corrected chi connectivity index (χ2v) is 7.15. The summed E-state index contributed by atoms with van der Waals surface area (Å²) in [7, 11) is 2.07. The van der Waals surface area contributed by atoms with Crippen molar-refractivity contribution in [1.29, 1.82) is 0 Å². The molecule has 0 fully saturated rings. The smallest absolute Gasteiger partial charge is 0.199 e. The van der Waals surface area contributed by atoms with E-state index in [0.717, 1.165) is 33.7 Å². The van der Waals surface area contributed by atoms with E-state index in [1.807, 2.05) is 16.8 Å². The molecule has 0 saturated carbocycles. The Morgan fingerprint density at radius 3 is 2.44 bits per heavy atom. The monoisotopic (exact) mass is 417 g/mol. The lowest BCUT2D eigenvalue weighted by Gasteiger charge is -2.16. The standard InChI is InChI=1S/C18H20BrN5S/c1-3-23-17(15-8-10-20-11-9-15)21-24(18(23)25)13-22(2)12-14-4-6-16(19)7-5-14/h4-11H,3,12-13H2,1-2H3. The molecule has 25 heavy (non-hydrogen) atoms. The lowest BCUT2D eigenvalue weighted by atomic mass is 10.2. The number of hydrogen-bond acceptors (Lipinski definition) is 4. The first-order chi connectivity index (χ1) is 12.1. The Labute approximate surface area is 161 Å². The SMILES string of the molecule is CCn1c(-c2ccncc2)nn(CN(C)Cc2ccc(Br)cc2)c1=S. The number of halogens is 1. The van der Waals surface area contributed by atoms with Crippen molar-refractivity contribution in [3.05, 3.63) is 63.6 Å². The van der Waals surface area contributed by atoms with Gasteiger partial charge in [0.2, 0.25) is 0 Å². The van der Waals surface area contributed by atoms with Crippen molar-refractivity contribution >= 4 is 28.1 Å². The maximum absolute atomic E-state index is 5.63. The van der Waals surface area contributed by atoms with Crippen LogP contribution in [0.1, 0.15) is 12.5 Å². The van der Waals surface area contributed by atoms with Crippen LogP contribution >= 0.6 is 28.1 Å². The summed E-state index contributed by atoms with van der Waals surface area (Å²) < 4.78 is 5.76. The number of nitrogens with zero attached hydrogens (tertiary/aromatic N) is 5. The minimum atomic E-state index is 0.639. The van der Waals surface area contributed by atoms with E-state index in [-0.39, 0.29) is 0 Å². The lowest BCUT2D eigenvalue weighted by Crippen LogP contribution is -2.22. The fourth-order valence-electron chi connectivity index (χ4n) is 2.71. The van der Waals surface area contributed by atoms with E-state index in [1.165, 1.54) is 5.56 Å². The van der Waals surface area contributed by atoms with Gasteiger partial charge in [-0.2, -0.15) is 5.10 Å². The predicted molar refractivity (Wildman–Crippen MR) is 106 cm³/mol. The van der Waals surface area contributed by atoms with Crippen LogP contribution < -0.4 is 0 Å². The Kier molecular flexibility index (Phi) is 5.78. The highest BCUT2D eigenvalue weighted by atomic mass is 79.9. The predicted octanol–water partition coefficient (Wildman–Crippen LogP) is 4.35. The third-order valence-electron chi connectivity index (χ3n) is 3.92. The zero-order valence-electron chi connectivity index (χ0n) is 14.3. The Balaban J connectivity index is 1.81. The van der Waals surface area contributed by atoms with E-state index >= 15 is 0 Å². The summed E-state index contributed by atoms with van der Waals surface area (Å²) in [5.41, 5.74) is 2.28. The van der Waals surface area contributed by atoms with Crippen molar-refractivity contribution in [2.45, 2.75) is 26.7 Å². The molecular formula is C18H20BrN5S. The van der Waals surface area contributed by atoms with Gasteiger partial charge < -0.3 is 4.57 Å². The molecule has 2 heterocycles. The van der Waals surface area contributed by atoms with Gasteiger partial charge in [0.25, 0.3) is 0 Å². The summed E-state index contributed by atoms with van der Waals surface area (Å²) in [4.78, 5) is 6.27. The summed E-state index contributed by atoms with van der Waals surface area (Å²) in [6, 6.07) is 12.3. The van der Waals surface area contributed by atoms with Gasteiger partial charge in [-0.25, -0.2) is 4.68 Å². The van der Waals surface area contributed by atoms with E-state index in [1.54, 1.807) is 12.4 Å². The third kappa shape index (κ3) is 4.23. The average molecular weight is 418 g/mol. The van der Waals surface area contributed by atoms with Gasteiger partial charge in [-0.05, 0) is 56.0 Å². The highest BCUT2D eigenvalue weighted by Crippen LogP contribution is 2.18. The quantitative estimate of drug-likeness (QED) is 0.558. The first-order valence-corrected chi connectivity index (χ1v) is 9.29. The molecule has 0 bridgehead atoms. The van der Waals surface area contributed by atoms with Gasteiger partial charge in [-0.1, -0.05) is 28.1 Å². The van der Waals surface area contributed by atoms with Crippen molar-refractivity contribution in [1.82, 2.24) is 24.2 Å². The van der Waals surface area contributed by atoms with Crippen molar-refractivity contribution in [2.75, 3.05) is 7.05 Å². The molecule has 0 spiro atoms. The average Bonchev–Trinajstić information content (AvgIpc) is 2.93. The molecule has 1 aromatic carbocycles. The number of aromatic nitrogens is 4. The van der Waals surface area contributed by atoms with Crippen molar-refractivity contribution < 1.29 is 0 Å². The van der Waals surface area contributed by atoms with Crippen LogP contribution in [-0.4, -0.2) is 31.3 Å². The van der Waals surface area contributed by atoms with Gasteiger partial charge in [0.05, 0.1) is 6.67 Å². The summed E-state index contributed by atoms with van der Waals surface area (Å²) in [6.07, 6.45) is 3.55. The molecule has 130 valence electrons. The van der Waals surface area contributed by atoms with Gasteiger partial charge in [-0.15, -0.1) is 0 Å². The fraction of sp³-hybridized carbons (Fsp3) is 0.278. The molecule has 0 radical (unpaired) electrons. The van der Waals surface area contributed by atoms with Gasteiger partial charge in [0, 0.05) is 35.5 Å². The summed E-state index contributed by atoms with van der Waals surface area (Å²) in [6.45, 7) is 4.34. The fourth-order valence-corrected chi connectivity index (χ4v) is 3.29. The van der Waals surface area contributed by atoms with Gasteiger partial charge >= 0.3 is 0 Å². The molecule has 3 aromatic rings. The molecule has 2 aromatic heterocycles. The molecule has 0 amide bonds. The third-order valence-corrected chi connectivity index (χ3v) is 4.88. The first-order valence-electron chi connectivity index (χ1n) is 8.09. The van der Waals surface area contributed by atoms with Gasteiger partial charge in [0.15, 0.2) is 10.6 Å². The van der Waals surface area contributed by atoms with Crippen LogP contribution in [0.4, 0.5) is 0 Å². The molecule has 0 aliphatic rings. The van der Waals surface area contributed by atoms with E-state index in [2.05, 4.69) is 68.6 Å². The Hall–Kier alpha value is -1.83. The van der Waals surface area contributed by atoms with Crippen molar-refractivity contribution in [3.63, 3.8) is 0 Å². The normalized spacial score (nSPS) is 11.2. The number of pyridine rings is 1. The van der Waals surface area contributed by atoms with Crippen LogP contribution in [0.2, 0.25) is 0 Å². The van der Waals surface area contributed by atoms with Gasteiger partial charge in [0.1, 0.15) is 0 Å². The zero-order chi connectivity index (χ0) is 17.8. The Bertz CT molecular complexity index is 886. The molecule has 7 heteroatoms. The molecule has 0 unspecified atom stereocenters. The second kappa shape index (κ2) is 8.03. The maximum Gasteiger partial charge on any atom is 0.199 e. The highest BCUT2D eigenvalue weighted by Gasteiger charge is 2.12. The van der Waals surface area contributed by atoms with E-state index < -0.39 is 0 Å². The van der Waals surface area contributed by atoms with E-state index in [9.17, 15) is 0 Å². The maximum atomic E-state index is 5.63. The largest absolute Gasteiger partial charge is 0.300 e. The summed E-state index contributed by atoms with van der Waals surface area (Å²) in [5, 5.41) is 4.75. The minimum Gasteiger partial charge on any atom is -0.300 e. The van der Waals surface area contributed by atoms with Crippen LogP contribution in [0.25, 0.3) is 11.4 Å². The van der Waals surface area contributed by atoms with Gasteiger partial charge in [-0.3, -0.25) is 9.88 Å². The molecular weight excluding hydrogens is 398 g/mol. The van der Waals surface area contributed by atoms with Crippen molar-refractivity contribution in [2.24, 2.45) is 0 Å². The lowest BCUT2D eigenvalue weighted by molar-refractivity contribution is 0.244. The van der Waals surface area contributed by atoms with Crippen molar-refractivity contribution in [3.8, 4) is 11.4 Å². The molecule has 0 aliphatic carbocycles. The number of benzene rings is 1. The van der Waals surface area contributed by atoms with Crippen LogP contribution in [0.15, 0.2) is 53.3 Å². The molecule has 0 saturated heterocycles. The number of rotatable bonds is 6. The topological polar surface area (TPSA) is 38.9 Å². The zero-order valence-corrected chi connectivity index (χ0v) is 16.7. The minimum absolute atomic E-state index is 0.639. The van der Waals surface area contributed by atoms with E-state index in [0.29, 0.717) is 6.67 Å². The molecule has 0 aliphatic heterocycles. The summed E-state index contributed by atoms with van der Waals surface area (Å²) >= 11 is 9.09. The second-order valence-electron chi connectivity index (χ2n) is 5.87. The Morgan fingerprint density at radius 1 is 1.12 bits per heavy atom. The van der Waals surface area contributed by atoms with Crippen LogP contribution in [0, 0.1) is 4.77 Å². The summed E-state index contributed by atoms with van der Waals surface area (Å²) in [5.74, 6) is 0.881. The highest BCUT2D eigenvalue weighted by molar-refractivity contribution is 9.10.